The molecule has 0 bridgehead atoms. The molecular formula is C19H31N3O3. The van der Waals surface area contributed by atoms with Gasteiger partial charge in [-0.1, -0.05) is 30.3 Å². The zero-order valence-corrected chi connectivity index (χ0v) is 16.0. The molecule has 0 aliphatic heterocycles. The van der Waals surface area contributed by atoms with E-state index in [-0.39, 0.29) is 18.4 Å². The number of benzene rings is 1. The second-order valence-corrected chi connectivity index (χ2v) is 7.39. The van der Waals surface area contributed by atoms with Gasteiger partial charge in [0.1, 0.15) is 5.60 Å². The van der Waals surface area contributed by atoms with Crippen LogP contribution < -0.4 is 10.6 Å². The normalized spacial score (nSPS) is 12.6. The van der Waals surface area contributed by atoms with Crippen LogP contribution in [-0.4, -0.2) is 55.7 Å². The summed E-state index contributed by atoms with van der Waals surface area (Å²) < 4.78 is 5.31. The molecule has 140 valence electrons. The van der Waals surface area contributed by atoms with Gasteiger partial charge >= 0.3 is 6.09 Å². The summed E-state index contributed by atoms with van der Waals surface area (Å²) in [6.45, 7) is 6.79. The Morgan fingerprint density at radius 2 is 1.80 bits per heavy atom. The molecule has 6 nitrogen and oxygen atoms in total. The highest BCUT2D eigenvalue weighted by atomic mass is 16.6. The summed E-state index contributed by atoms with van der Waals surface area (Å²) >= 11 is 0. The molecule has 1 aromatic rings. The molecule has 2 amide bonds. The van der Waals surface area contributed by atoms with Gasteiger partial charge in [0.25, 0.3) is 0 Å². The molecule has 0 heterocycles. The van der Waals surface area contributed by atoms with Crippen LogP contribution in [0, 0.1) is 0 Å². The van der Waals surface area contributed by atoms with E-state index >= 15 is 0 Å². The molecule has 1 rings (SSSR count). The van der Waals surface area contributed by atoms with Crippen molar-refractivity contribution in [2.75, 3.05) is 27.2 Å². The maximum atomic E-state index is 12.2. The second-order valence-electron chi connectivity index (χ2n) is 7.39. The molecule has 1 atom stereocenters. The molecule has 0 aliphatic rings. The number of alkyl carbamates (subject to hydrolysis) is 1. The number of carbonyl (C=O) groups excluding carboxylic acids is 2. The summed E-state index contributed by atoms with van der Waals surface area (Å²) in [5.74, 6) is -0.0844. The number of nitrogens with zero attached hydrogens (tertiary/aromatic N) is 1. The van der Waals surface area contributed by atoms with Gasteiger partial charge in [0.2, 0.25) is 5.91 Å². The largest absolute Gasteiger partial charge is 0.444 e. The zero-order valence-electron chi connectivity index (χ0n) is 16.0. The fourth-order valence-corrected chi connectivity index (χ4v) is 2.26. The minimum atomic E-state index is -0.574. The average Bonchev–Trinajstić information content (AvgIpc) is 2.45. The fourth-order valence-electron chi connectivity index (χ4n) is 2.26. The second kappa shape index (κ2) is 10.0. The Morgan fingerprint density at radius 1 is 1.16 bits per heavy atom. The molecule has 1 aromatic carbocycles. The minimum Gasteiger partial charge on any atom is -0.444 e. The fraction of sp³-hybridized carbons (Fsp3) is 0.579. The van der Waals surface area contributed by atoms with Crippen LogP contribution in [-0.2, 0) is 16.0 Å². The Labute approximate surface area is 150 Å². The van der Waals surface area contributed by atoms with Crippen molar-refractivity contribution in [1.82, 2.24) is 15.5 Å². The molecule has 0 saturated carbocycles. The van der Waals surface area contributed by atoms with E-state index < -0.39 is 11.7 Å². The van der Waals surface area contributed by atoms with E-state index in [2.05, 4.69) is 10.6 Å². The van der Waals surface area contributed by atoms with Crippen molar-refractivity contribution in [3.63, 3.8) is 0 Å². The van der Waals surface area contributed by atoms with Gasteiger partial charge in [0, 0.05) is 25.6 Å². The monoisotopic (exact) mass is 349 g/mol. The number of hydrogen-bond donors (Lipinski definition) is 2. The third kappa shape index (κ3) is 10.4. The number of ether oxygens (including phenoxy) is 1. The van der Waals surface area contributed by atoms with Crippen LogP contribution in [0.3, 0.4) is 0 Å². The van der Waals surface area contributed by atoms with Crippen LogP contribution >= 0.6 is 0 Å². The Bertz CT molecular complexity index is 539. The Balaban J connectivity index is 2.64. The maximum absolute atomic E-state index is 12.2. The van der Waals surface area contributed by atoms with Gasteiger partial charge in [-0.05, 0) is 46.9 Å². The summed E-state index contributed by atoms with van der Waals surface area (Å²) in [5, 5.41) is 5.70. The van der Waals surface area contributed by atoms with Crippen molar-refractivity contribution >= 4 is 12.0 Å². The van der Waals surface area contributed by atoms with E-state index in [4.69, 9.17) is 4.74 Å². The number of hydrogen-bond acceptors (Lipinski definition) is 4. The third-order valence-corrected chi connectivity index (χ3v) is 3.36. The summed E-state index contributed by atoms with van der Waals surface area (Å²) in [6.07, 6.45) is 0.275. The first kappa shape index (κ1) is 21.0. The maximum Gasteiger partial charge on any atom is 0.407 e. The molecule has 0 fully saturated rings. The molecule has 25 heavy (non-hydrogen) atoms. The topological polar surface area (TPSA) is 70.7 Å². The molecule has 0 saturated heterocycles. The van der Waals surface area contributed by atoms with Crippen LogP contribution in [0.2, 0.25) is 0 Å². The summed E-state index contributed by atoms with van der Waals surface area (Å²) in [6, 6.07) is 9.46. The Hall–Kier alpha value is -2.08. The molecule has 0 aliphatic carbocycles. The standard InChI is InChI=1S/C19H31N3O3/c1-19(2,3)25-18(24)21-16(13-15-9-7-6-8-10-15)14-17(23)20-11-12-22(4)5/h6-10,16H,11-14H2,1-5H3,(H,20,23)(H,21,24)/t16-/m0/s1. The van der Waals surface area contributed by atoms with Gasteiger partial charge in [0.15, 0.2) is 0 Å². The van der Waals surface area contributed by atoms with Crippen molar-refractivity contribution in [2.45, 2.75) is 45.3 Å². The van der Waals surface area contributed by atoms with Crippen molar-refractivity contribution in [3.8, 4) is 0 Å². The smallest absolute Gasteiger partial charge is 0.407 e. The van der Waals surface area contributed by atoms with E-state index in [1.165, 1.54) is 0 Å². The Morgan fingerprint density at radius 3 is 2.36 bits per heavy atom. The van der Waals surface area contributed by atoms with Gasteiger partial charge in [0.05, 0.1) is 0 Å². The molecule has 0 spiro atoms. The average molecular weight is 349 g/mol. The lowest BCUT2D eigenvalue weighted by Gasteiger charge is -2.23. The van der Waals surface area contributed by atoms with Crippen LogP contribution in [0.1, 0.15) is 32.8 Å². The van der Waals surface area contributed by atoms with Crippen LogP contribution in [0.4, 0.5) is 4.79 Å². The molecule has 6 heteroatoms. The summed E-state index contributed by atoms with van der Waals surface area (Å²) in [5.41, 5.74) is 0.486. The highest BCUT2D eigenvalue weighted by molar-refractivity contribution is 5.77. The van der Waals surface area contributed by atoms with E-state index in [9.17, 15) is 9.59 Å². The van der Waals surface area contributed by atoms with E-state index in [0.29, 0.717) is 13.0 Å². The van der Waals surface area contributed by atoms with E-state index in [1.54, 1.807) is 0 Å². The van der Waals surface area contributed by atoms with Crippen LogP contribution in [0.25, 0.3) is 0 Å². The lowest BCUT2D eigenvalue weighted by Crippen LogP contribution is -2.43. The van der Waals surface area contributed by atoms with Crippen molar-refractivity contribution in [3.05, 3.63) is 35.9 Å². The van der Waals surface area contributed by atoms with Crippen molar-refractivity contribution in [2.24, 2.45) is 0 Å². The molecule has 0 aromatic heterocycles. The highest BCUT2D eigenvalue weighted by Gasteiger charge is 2.21. The van der Waals surface area contributed by atoms with Gasteiger partial charge in [-0.2, -0.15) is 0 Å². The molecule has 0 radical (unpaired) electrons. The molecule has 2 N–H and O–H groups in total. The first-order chi connectivity index (χ1) is 11.7. The number of carbonyl (C=O) groups is 2. The van der Waals surface area contributed by atoms with Crippen LogP contribution in [0.15, 0.2) is 30.3 Å². The highest BCUT2D eigenvalue weighted by Crippen LogP contribution is 2.10. The summed E-state index contributed by atoms with van der Waals surface area (Å²) in [4.78, 5) is 26.2. The number of amides is 2. The van der Waals surface area contributed by atoms with Gasteiger partial charge in [-0.3, -0.25) is 4.79 Å². The number of rotatable bonds is 8. The molecule has 0 unspecified atom stereocenters. The first-order valence-corrected chi connectivity index (χ1v) is 8.60. The third-order valence-electron chi connectivity index (χ3n) is 3.36. The van der Waals surface area contributed by atoms with Crippen molar-refractivity contribution in [1.29, 1.82) is 0 Å². The Kier molecular flexibility index (Phi) is 8.41. The summed E-state index contributed by atoms with van der Waals surface area (Å²) in [7, 11) is 3.91. The predicted molar refractivity (Wildman–Crippen MR) is 99.5 cm³/mol. The number of likely N-dealkylation sites (N-methyl/N-ethyl adjacent to an activating group) is 1. The molecular weight excluding hydrogens is 318 g/mol. The van der Waals surface area contributed by atoms with Gasteiger partial charge < -0.3 is 20.3 Å². The lowest BCUT2D eigenvalue weighted by atomic mass is 10.0. The van der Waals surface area contributed by atoms with E-state index in [0.717, 1.165) is 12.1 Å². The zero-order chi connectivity index (χ0) is 18.9. The first-order valence-electron chi connectivity index (χ1n) is 8.60. The number of nitrogens with one attached hydrogen (secondary N) is 2. The van der Waals surface area contributed by atoms with Gasteiger partial charge in [-0.15, -0.1) is 0 Å². The SMILES string of the molecule is CN(C)CCNC(=O)C[C@H](Cc1ccccc1)NC(=O)OC(C)(C)C. The van der Waals surface area contributed by atoms with Gasteiger partial charge in [-0.25, -0.2) is 4.79 Å². The predicted octanol–water partition coefficient (Wildman–Crippen LogP) is 2.19. The quantitative estimate of drug-likeness (QED) is 0.755. The van der Waals surface area contributed by atoms with Crippen LogP contribution in [0.5, 0.6) is 0 Å². The van der Waals surface area contributed by atoms with Crippen molar-refractivity contribution < 1.29 is 14.3 Å². The minimum absolute atomic E-state index is 0.0844. The van der Waals surface area contributed by atoms with E-state index in [1.807, 2.05) is 70.1 Å². The lowest BCUT2D eigenvalue weighted by molar-refractivity contribution is -0.121.